The van der Waals surface area contributed by atoms with E-state index in [1.165, 1.54) is 0 Å². The summed E-state index contributed by atoms with van der Waals surface area (Å²) in [6.45, 7) is 3.58. The number of hydrogen-bond donors (Lipinski definition) is 4. The summed E-state index contributed by atoms with van der Waals surface area (Å²) in [5.41, 5.74) is 5.22. The number of rotatable bonds is 5. The number of fused-ring (bicyclic) bond motifs is 2. The van der Waals surface area contributed by atoms with E-state index >= 15 is 0 Å². The molecule has 6 rings (SSSR count). The van der Waals surface area contributed by atoms with Crippen LogP contribution in [-0.2, 0) is 12.8 Å². The quantitative estimate of drug-likeness (QED) is 0.204. The molecule has 0 spiro atoms. The Bertz CT molecular complexity index is 1530. The van der Waals surface area contributed by atoms with Gasteiger partial charge in [0.05, 0.1) is 25.3 Å². The summed E-state index contributed by atoms with van der Waals surface area (Å²) in [5.74, 6) is 2.17. The van der Waals surface area contributed by atoms with Gasteiger partial charge in [-0.2, -0.15) is 0 Å². The lowest BCUT2D eigenvalue weighted by Crippen LogP contribution is -2.18. The molecule has 42 heavy (non-hydrogen) atoms. The molecule has 0 saturated carbocycles. The van der Waals surface area contributed by atoms with Crippen LogP contribution in [0, 0.1) is 13.8 Å². The van der Waals surface area contributed by atoms with E-state index in [1.54, 1.807) is 52.3 Å². The van der Waals surface area contributed by atoms with Crippen LogP contribution in [0.5, 0.6) is 46.0 Å². The van der Waals surface area contributed by atoms with Gasteiger partial charge in [-0.25, -0.2) is 0 Å². The predicted molar refractivity (Wildman–Crippen MR) is 157 cm³/mol. The molecule has 2 atom stereocenters. The second kappa shape index (κ2) is 10.6. The Balaban J connectivity index is 1.46. The molecule has 0 saturated heterocycles. The van der Waals surface area contributed by atoms with E-state index < -0.39 is 0 Å². The predicted octanol–water partition coefficient (Wildman–Crippen LogP) is 6.94. The summed E-state index contributed by atoms with van der Waals surface area (Å²) >= 11 is 0. The van der Waals surface area contributed by atoms with Gasteiger partial charge < -0.3 is 39.4 Å². The maximum atomic E-state index is 11.7. The molecule has 2 aliphatic heterocycles. The van der Waals surface area contributed by atoms with Crippen molar-refractivity contribution < 1.29 is 39.4 Å². The molecular weight excluding hydrogens is 536 g/mol. The van der Waals surface area contributed by atoms with Gasteiger partial charge in [-0.15, -0.1) is 0 Å². The van der Waals surface area contributed by atoms with Gasteiger partial charge in [0, 0.05) is 22.3 Å². The van der Waals surface area contributed by atoms with Crippen LogP contribution in [0.4, 0.5) is 0 Å². The minimum Gasteiger partial charge on any atom is -0.508 e. The van der Waals surface area contributed by atoms with Crippen LogP contribution in [-0.4, -0.2) is 34.6 Å². The molecule has 4 aromatic carbocycles. The number of hydrogen-bond acceptors (Lipinski definition) is 8. The van der Waals surface area contributed by atoms with Crippen molar-refractivity contribution in [3.8, 4) is 57.1 Å². The van der Waals surface area contributed by atoms with Crippen molar-refractivity contribution in [3.05, 3.63) is 81.9 Å². The Labute approximate surface area is 244 Å². The van der Waals surface area contributed by atoms with Crippen LogP contribution in [0.15, 0.2) is 48.5 Å². The zero-order valence-corrected chi connectivity index (χ0v) is 24.0. The number of phenolic OH excluding ortho intramolecular Hbond substituents is 4. The molecule has 2 aliphatic rings. The molecule has 8 nitrogen and oxygen atoms in total. The van der Waals surface area contributed by atoms with E-state index in [9.17, 15) is 20.4 Å². The number of ether oxygens (including phenoxy) is 4. The third-order valence-corrected chi connectivity index (χ3v) is 8.44. The van der Waals surface area contributed by atoms with Crippen molar-refractivity contribution in [3.63, 3.8) is 0 Å². The first-order chi connectivity index (χ1) is 20.2. The number of benzene rings is 4. The molecule has 0 amide bonds. The average Bonchev–Trinajstić information content (AvgIpc) is 3.01. The van der Waals surface area contributed by atoms with Crippen molar-refractivity contribution in [1.82, 2.24) is 0 Å². The highest BCUT2D eigenvalue weighted by molar-refractivity contribution is 5.91. The van der Waals surface area contributed by atoms with Crippen LogP contribution < -0.4 is 18.9 Å². The first kappa shape index (κ1) is 27.4. The third kappa shape index (κ3) is 4.38. The van der Waals surface area contributed by atoms with Gasteiger partial charge in [0.25, 0.3) is 0 Å². The van der Waals surface area contributed by atoms with E-state index in [1.807, 2.05) is 24.3 Å². The van der Waals surface area contributed by atoms with E-state index in [-0.39, 0.29) is 35.2 Å². The summed E-state index contributed by atoms with van der Waals surface area (Å²) in [4.78, 5) is 0. The summed E-state index contributed by atoms with van der Waals surface area (Å²) < 4.78 is 24.7. The van der Waals surface area contributed by atoms with Gasteiger partial charge in [-0.05, 0) is 74.9 Å². The van der Waals surface area contributed by atoms with Crippen molar-refractivity contribution in [2.24, 2.45) is 0 Å². The van der Waals surface area contributed by atoms with Crippen molar-refractivity contribution in [1.29, 1.82) is 0 Å². The topological polar surface area (TPSA) is 118 Å². The number of aromatic hydroxyl groups is 4. The first-order valence-electron chi connectivity index (χ1n) is 14.0. The molecule has 4 aromatic rings. The van der Waals surface area contributed by atoms with Gasteiger partial charge in [0.15, 0.2) is 0 Å². The van der Waals surface area contributed by atoms with Crippen molar-refractivity contribution >= 4 is 0 Å². The Kier molecular flexibility index (Phi) is 6.93. The fourth-order valence-corrected chi connectivity index (χ4v) is 6.25. The molecule has 0 fully saturated rings. The molecular formula is C34H34O8. The Hall–Kier alpha value is -4.72. The first-order valence-corrected chi connectivity index (χ1v) is 14.0. The molecule has 0 radical (unpaired) electrons. The summed E-state index contributed by atoms with van der Waals surface area (Å²) in [6, 6.07) is 13.9. The van der Waals surface area contributed by atoms with Crippen LogP contribution in [0.25, 0.3) is 11.1 Å². The molecule has 218 valence electrons. The van der Waals surface area contributed by atoms with Gasteiger partial charge >= 0.3 is 0 Å². The largest absolute Gasteiger partial charge is 0.508 e. The Morgan fingerprint density at radius 2 is 0.952 bits per heavy atom. The number of phenols is 4. The van der Waals surface area contributed by atoms with E-state index in [0.717, 1.165) is 22.3 Å². The van der Waals surface area contributed by atoms with Gasteiger partial charge in [-0.1, -0.05) is 24.3 Å². The lowest BCUT2D eigenvalue weighted by Gasteiger charge is -2.33. The van der Waals surface area contributed by atoms with Crippen LogP contribution in [0.2, 0.25) is 0 Å². The maximum absolute atomic E-state index is 11.7. The Morgan fingerprint density at radius 1 is 0.595 bits per heavy atom. The second-order valence-electron chi connectivity index (χ2n) is 10.9. The molecule has 8 heteroatoms. The van der Waals surface area contributed by atoms with Crippen LogP contribution in [0.1, 0.15) is 58.4 Å². The van der Waals surface area contributed by atoms with Gasteiger partial charge in [0.2, 0.25) is 0 Å². The standard InChI is InChI=1S/C34H34O8/c1-17-29(37)27(33(39-3)23-13-15-25(41-31(17)23)19-5-9-21(35)10-6-19)28-30(38)18(2)32-24(34(28)40-4)14-16-26(42-32)20-7-11-22(36)12-8-20/h5-12,25-26,35-38H,13-16H2,1-4H3/t25-,26+. The smallest absolute Gasteiger partial charge is 0.137 e. The second-order valence-corrected chi connectivity index (χ2v) is 10.9. The highest BCUT2D eigenvalue weighted by Gasteiger charge is 2.36. The zero-order chi connectivity index (χ0) is 29.7. The van der Waals surface area contributed by atoms with E-state index in [4.69, 9.17) is 18.9 Å². The lowest BCUT2D eigenvalue weighted by atomic mass is 9.86. The molecule has 0 bridgehead atoms. The summed E-state index contributed by atoms with van der Waals surface area (Å²) in [6.07, 6.45) is 2.05. The lowest BCUT2D eigenvalue weighted by molar-refractivity contribution is 0.171. The molecule has 0 unspecified atom stereocenters. The third-order valence-electron chi connectivity index (χ3n) is 8.44. The van der Waals surface area contributed by atoms with Gasteiger partial charge in [-0.3, -0.25) is 0 Å². The summed E-state index contributed by atoms with van der Waals surface area (Å²) in [5, 5.41) is 42.7. The van der Waals surface area contributed by atoms with E-state index in [2.05, 4.69) is 0 Å². The van der Waals surface area contributed by atoms with E-state index in [0.29, 0.717) is 70.9 Å². The Morgan fingerprint density at radius 3 is 1.29 bits per heavy atom. The minimum atomic E-state index is -0.251. The zero-order valence-electron chi connectivity index (χ0n) is 24.0. The highest BCUT2D eigenvalue weighted by Crippen LogP contribution is 2.59. The number of methoxy groups -OCH3 is 2. The van der Waals surface area contributed by atoms with Crippen molar-refractivity contribution in [2.75, 3.05) is 14.2 Å². The molecule has 4 N–H and O–H groups in total. The van der Waals surface area contributed by atoms with Crippen LogP contribution >= 0.6 is 0 Å². The minimum absolute atomic E-state index is 0.0661. The normalized spacial score (nSPS) is 17.4. The SMILES string of the molecule is COc1c2c(c(C)c(O)c1-c1c(O)c(C)c3c(c1OC)CC[C@H](c1ccc(O)cc1)O3)O[C@H](c1ccc(O)cc1)CC2. The molecule has 0 aromatic heterocycles. The maximum Gasteiger partial charge on any atom is 0.137 e. The fourth-order valence-electron chi connectivity index (χ4n) is 6.25. The highest BCUT2D eigenvalue weighted by atomic mass is 16.5. The van der Waals surface area contributed by atoms with Crippen molar-refractivity contribution in [2.45, 2.75) is 51.7 Å². The fraction of sp³-hybridized carbons (Fsp3) is 0.294. The summed E-state index contributed by atoms with van der Waals surface area (Å²) in [7, 11) is 3.08. The molecule has 2 heterocycles. The monoisotopic (exact) mass is 570 g/mol. The molecule has 0 aliphatic carbocycles. The van der Waals surface area contributed by atoms with Crippen LogP contribution in [0.3, 0.4) is 0 Å². The average molecular weight is 571 g/mol. The van der Waals surface area contributed by atoms with Gasteiger partial charge in [0.1, 0.15) is 58.2 Å².